The lowest BCUT2D eigenvalue weighted by Crippen LogP contribution is -2.20. The summed E-state index contributed by atoms with van der Waals surface area (Å²) < 4.78 is 5.57. The molecule has 1 aliphatic heterocycles. The number of hydrogen-bond donors (Lipinski definition) is 1. The molecule has 1 aromatic carbocycles. The van der Waals surface area contributed by atoms with Crippen LogP contribution < -0.4 is 10.5 Å². The second-order valence-electron chi connectivity index (χ2n) is 4.22. The Hall–Kier alpha value is -1.02. The minimum Gasteiger partial charge on any atom is -0.493 e. The number of rotatable bonds is 3. The maximum atomic E-state index is 6.06. The molecule has 0 amide bonds. The van der Waals surface area contributed by atoms with Crippen molar-refractivity contribution >= 4 is 0 Å². The average molecular weight is 205 g/mol. The molecular formula is C13H19NO. The van der Waals surface area contributed by atoms with E-state index in [1.54, 1.807) is 0 Å². The number of aryl methyl sites for hydroxylation is 1. The molecule has 0 spiro atoms. The van der Waals surface area contributed by atoms with Crippen LogP contribution in [0.1, 0.15) is 43.4 Å². The Kier molecular flexibility index (Phi) is 3.27. The van der Waals surface area contributed by atoms with Gasteiger partial charge in [0.2, 0.25) is 0 Å². The van der Waals surface area contributed by atoms with E-state index in [1.165, 1.54) is 24.0 Å². The zero-order valence-electron chi connectivity index (χ0n) is 9.33. The number of nitrogens with two attached hydrogens (primary N) is 1. The predicted molar refractivity (Wildman–Crippen MR) is 62.1 cm³/mol. The minimum absolute atomic E-state index is 0.162. The quantitative estimate of drug-likeness (QED) is 0.823. The average Bonchev–Trinajstić information content (AvgIpc) is 2.27. The van der Waals surface area contributed by atoms with Crippen molar-refractivity contribution in [2.24, 2.45) is 5.73 Å². The standard InChI is InChI=1S/C13H19NO/c1-2-3-4-10-5-6-13-11(9-10)12(14)7-8-15-13/h5-6,9,12H,2-4,7-8,14H2,1H3/t12-/m0/s1. The van der Waals surface area contributed by atoms with Gasteiger partial charge in [0.25, 0.3) is 0 Å². The Morgan fingerprint density at radius 2 is 2.33 bits per heavy atom. The second-order valence-corrected chi connectivity index (χ2v) is 4.22. The van der Waals surface area contributed by atoms with Gasteiger partial charge >= 0.3 is 0 Å². The van der Waals surface area contributed by atoms with Crippen LogP contribution >= 0.6 is 0 Å². The first-order valence-electron chi connectivity index (χ1n) is 5.82. The molecule has 2 nitrogen and oxygen atoms in total. The topological polar surface area (TPSA) is 35.2 Å². The number of unbranched alkanes of at least 4 members (excludes halogenated alkanes) is 1. The molecule has 2 heteroatoms. The van der Waals surface area contributed by atoms with Crippen molar-refractivity contribution in [3.05, 3.63) is 29.3 Å². The SMILES string of the molecule is CCCCc1ccc2c(c1)[C@@H](N)CCO2. The molecule has 0 saturated carbocycles. The Morgan fingerprint density at radius 1 is 1.47 bits per heavy atom. The van der Waals surface area contributed by atoms with E-state index in [0.717, 1.165) is 25.2 Å². The smallest absolute Gasteiger partial charge is 0.124 e. The summed E-state index contributed by atoms with van der Waals surface area (Å²) in [5.74, 6) is 0.981. The molecule has 0 saturated heterocycles. The van der Waals surface area contributed by atoms with E-state index in [4.69, 9.17) is 10.5 Å². The summed E-state index contributed by atoms with van der Waals surface area (Å²) in [5, 5.41) is 0. The molecule has 0 bridgehead atoms. The lowest BCUT2D eigenvalue weighted by atomic mass is 9.97. The minimum atomic E-state index is 0.162. The first-order valence-corrected chi connectivity index (χ1v) is 5.82. The van der Waals surface area contributed by atoms with Crippen molar-refractivity contribution in [1.29, 1.82) is 0 Å². The Labute approximate surface area is 91.4 Å². The summed E-state index contributed by atoms with van der Waals surface area (Å²) in [6.07, 6.45) is 4.56. The Bertz CT molecular complexity index is 335. The highest BCUT2D eigenvalue weighted by atomic mass is 16.5. The van der Waals surface area contributed by atoms with Crippen LogP contribution in [0.5, 0.6) is 5.75 Å². The van der Waals surface area contributed by atoms with Crippen LogP contribution in [0.2, 0.25) is 0 Å². The number of benzene rings is 1. The van der Waals surface area contributed by atoms with Crippen LogP contribution in [0.25, 0.3) is 0 Å². The highest BCUT2D eigenvalue weighted by Gasteiger charge is 2.17. The monoisotopic (exact) mass is 205 g/mol. The fourth-order valence-electron chi connectivity index (χ4n) is 2.01. The van der Waals surface area contributed by atoms with Crippen LogP contribution in [0.15, 0.2) is 18.2 Å². The van der Waals surface area contributed by atoms with E-state index in [2.05, 4.69) is 25.1 Å². The van der Waals surface area contributed by atoms with Gasteiger partial charge in [-0.15, -0.1) is 0 Å². The van der Waals surface area contributed by atoms with Gasteiger partial charge in [-0.2, -0.15) is 0 Å². The van der Waals surface area contributed by atoms with Gasteiger partial charge in [-0.3, -0.25) is 0 Å². The van der Waals surface area contributed by atoms with E-state index in [0.29, 0.717) is 0 Å². The molecule has 2 N–H and O–H groups in total. The third kappa shape index (κ3) is 2.32. The van der Waals surface area contributed by atoms with Gasteiger partial charge in [-0.25, -0.2) is 0 Å². The third-order valence-corrected chi connectivity index (χ3v) is 2.98. The molecule has 1 aromatic rings. The lowest BCUT2D eigenvalue weighted by Gasteiger charge is -2.23. The van der Waals surface area contributed by atoms with Gasteiger partial charge in [0.1, 0.15) is 5.75 Å². The number of hydrogen-bond acceptors (Lipinski definition) is 2. The third-order valence-electron chi connectivity index (χ3n) is 2.98. The van der Waals surface area contributed by atoms with Gasteiger partial charge in [0, 0.05) is 18.0 Å². The van der Waals surface area contributed by atoms with E-state index in [9.17, 15) is 0 Å². The van der Waals surface area contributed by atoms with Gasteiger partial charge in [-0.05, 0) is 24.5 Å². The normalized spacial score (nSPS) is 19.5. The van der Waals surface area contributed by atoms with Crippen molar-refractivity contribution in [3.8, 4) is 5.75 Å². The highest BCUT2D eigenvalue weighted by Crippen LogP contribution is 2.31. The highest BCUT2D eigenvalue weighted by molar-refractivity contribution is 5.40. The van der Waals surface area contributed by atoms with Gasteiger partial charge in [0.05, 0.1) is 6.61 Å². The summed E-state index contributed by atoms with van der Waals surface area (Å²) in [6.45, 7) is 2.97. The Balaban J connectivity index is 2.19. The maximum Gasteiger partial charge on any atom is 0.124 e. The van der Waals surface area contributed by atoms with Crippen molar-refractivity contribution < 1.29 is 4.74 Å². The summed E-state index contributed by atoms with van der Waals surface area (Å²) >= 11 is 0. The molecule has 1 heterocycles. The van der Waals surface area contributed by atoms with Gasteiger partial charge < -0.3 is 10.5 Å². The van der Waals surface area contributed by atoms with Crippen LogP contribution in [0, 0.1) is 0 Å². The molecule has 0 aromatic heterocycles. The summed E-state index contributed by atoms with van der Waals surface area (Å²) in [4.78, 5) is 0. The summed E-state index contributed by atoms with van der Waals surface area (Å²) in [5.41, 5.74) is 8.64. The molecule has 0 unspecified atom stereocenters. The van der Waals surface area contributed by atoms with E-state index < -0.39 is 0 Å². The Morgan fingerprint density at radius 3 is 3.13 bits per heavy atom. The van der Waals surface area contributed by atoms with E-state index in [-0.39, 0.29) is 6.04 Å². The first kappa shape index (κ1) is 10.5. The largest absolute Gasteiger partial charge is 0.493 e. The van der Waals surface area contributed by atoms with Crippen molar-refractivity contribution in [2.45, 2.75) is 38.6 Å². The molecule has 15 heavy (non-hydrogen) atoms. The molecule has 1 atom stereocenters. The molecule has 0 radical (unpaired) electrons. The molecule has 2 rings (SSSR count). The molecule has 1 aliphatic rings. The maximum absolute atomic E-state index is 6.06. The first-order chi connectivity index (χ1) is 7.31. The van der Waals surface area contributed by atoms with Gasteiger partial charge in [-0.1, -0.05) is 25.5 Å². The van der Waals surface area contributed by atoms with Crippen molar-refractivity contribution in [2.75, 3.05) is 6.61 Å². The molecule has 82 valence electrons. The number of fused-ring (bicyclic) bond motifs is 1. The predicted octanol–water partition coefficient (Wildman–Crippen LogP) is 2.81. The van der Waals surface area contributed by atoms with Crippen molar-refractivity contribution in [1.82, 2.24) is 0 Å². The van der Waals surface area contributed by atoms with E-state index >= 15 is 0 Å². The van der Waals surface area contributed by atoms with E-state index in [1.807, 2.05) is 0 Å². The summed E-state index contributed by atoms with van der Waals surface area (Å²) in [6, 6.07) is 6.61. The fraction of sp³-hybridized carbons (Fsp3) is 0.538. The van der Waals surface area contributed by atoms with Gasteiger partial charge in [0.15, 0.2) is 0 Å². The zero-order valence-corrected chi connectivity index (χ0v) is 9.33. The van der Waals surface area contributed by atoms with Crippen LogP contribution in [0.3, 0.4) is 0 Å². The van der Waals surface area contributed by atoms with Crippen molar-refractivity contribution in [3.63, 3.8) is 0 Å². The summed E-state index contributed by atoms with van der Waals surface area (Å²) in [7, 11) is 0. The molecular weight excluding hydrogens is 186 g/mol. The second kappa shape index (κ2) is 4.67. The lowest BCUT2D eigenvalue weighted by molar-refractivity contribution is 0.269. The van der Waals surface area contributed by atoms with Crippen LogP contribution in [-0.2, 0) is 6.42 Å². The van der Waals surface area contributed by atoms with Crippen LogP contribution in [-0.4, -0.2) is 6.61 Å². The fourth-order valence-corrected chi connectivity index (χ4v) is 2.01. The zero-order chi connectivity index (χ0) is 10.7. The van der Waals surface area contributed by atoms with Crippen LogP contribution in [0.4, 0.5) is 0 Å². The number of ether oxygens (including phenoxy) is 1. The molecule has 0 fully saturated rings. The molecule has 0 aliphatic carbocycles.